The van der Waals surface area contributed by atoms with Gasteiger partial charge in [-0.05, 0) is 18.4 Å². The molecule has 0 aliphatic rings. The van der Waals surface area contributed by atoms with Crippen LogP contribution in [0.3, 0.4) is 0 Å². The van der Waals surface area contributed by atoms with E-state index in [1.165, 1.54) is 0 Å². The number of rotatable bonds is 3. The molecular weight excluding hydrogens is 236 g/mol. The van der Waals surface area contributed by atoms with Crippen LogP contribution in [-0.2, 0) is 6.54 Å². The van der Waals surface area contributed by atoms with E-state index in [0.29, 0.717) is 11.8 Å². The molecule has 0 bridgehead atoms. The van der Waals surface area contributed by atoms with Gasteiger partial charge in [-0.3, -0.25) is 4.68 Å². The zero-order chi connectivity index (χ0) is 11.7. The van der Waals surface area contributed by atoms with E-state index >= 15 is 0 Å². The van der Waals surface area contributed by atoms with Gasteiger partial charge in [-0.25, -0.2) is 0 Å². The van der Waals surface area contributed by atoms with Crippen molar-refractivity contribution in [3.63, 3.8) is 0 Å². The molecule has 0 amide bonds. The maximum Gasteiger partial charge on any atom is 0.258 e. The summed E-state index contributed by atoms with van der Waals surface area (Å²) in [4.78, 5) is 0.978. The Morgan fingerprint density at radius 2 is 2.24 bits per heavy atom. The van der Waals surface area contributed by atoms with Crippen LogP contribution >= 0.6 is 11.3 Å². The van der Waals surface area contributed by atoms with Crippen LogP contribution < -0.4 is 0 Å². The molecule has 0 spiro atoms. The van der Waals surface area contributed by atoms with Crippen molar-refractivity contribution in [2.75, 3.05) is 0 Å². The molecule has 0 aromatic carbocycles. The number of aromatic nitrogens is 4. The number of thiophene rings is 1. The lowest BCUT2D eigenvalue weighted by Crippen LogP contribution is -1.91. The van der Waals surface area contributed by atoms with Crippen LogP contribution in [0, 0.1) is 0 Å². The summed E-state index contributed by atoms with van der Waals surface area (Å²) in [5.41, 5.74) is 0.849. The summed E-state index contributed by atoms with van der Waals surface area (Å²) in [7, 11) is 0. The molecule has 0 fully saturated rings. The molecule has 3 heterocycles. The zero-order valence-corrected chi connectivity index (χ0v) is 10.0. The Morgan fingerprint density at radius 3 is 2.94 bits per heavy atom. The lowest BCUT2D eigenvalue weighted by molar-refractivity contribution is 0.585. The molecule has 0 aliphatic heterocycles. The number of hydrogen-bond acceptors (Lipinski definition) is 5. The predicted molar refractivity (Wildman–Crippen MR) is 64.5 cm³/mol. The van der Waals surface area contributed by atoms with Crippen molar-refractivity contribution in [2.45, 2.75) is 13.5 Å². The van der Waals surface area contributed by atoms with Crippen molar-refractivity contribution in [3.8, 4) is 22.2 Å². The average molecular weight is 246 g/mol. The molecule has 0 saturated carbocycles. The Hall–Kier alpha value is -1.95. The molecule has 5 nitrogen and oxygen atoms in total. The predicted octanol–water partition coefficient (Wildman–Crippen LogP) is 2.68. The standard InChI is InChI=1S/C11H10N4OS/c1-2-15-7-8(6-12-15)10-13-14-11(16-10)9-4-3-5-17-9/h3-7H,2H2,1H3. The number of aryl methyl sites for hydroxylation is 1. The first-order chi connectivity index (χ1) is 8.36. The van der Waals surface area contributed by atoms with Crippen molar-refractivity contribution in [1.29, 1.82) is 0 Å². The lowest BCUT2D eigenvalue weighted by Gasteiger charge is -1.89. The van der Waals surface area contributed by atoms with E-state index in [0.717, 1.165) is 17.0 Å². The van der Waals surface area contributed by atoms with Crippen LogP contribution in [-0.4, -0.2) is 20.0 Å². The van der Waals surface area contributed by atoms with E-state index in [4.69, 9.17) is 4.42 Å². The second kappa shape index (κ2) is 4.14. The number of nitrogens with zero attached hydrogens (tertiary/aromatic N) is 4. The molecule has 3 aromatic rings. The highest BCUT2D eigenvalue weighted by molar-refractivity contribution is 7.13. The van der Waals surface area contributed by atoms with E-state index in [9.17, 15) is 0 Å². The van der Waals surface area contributed by atoms with Gasteiger partial charge in [0, 0.05) is 12.7 Å². The molecule has 0 N–H and O–H groups in total. The van der Waals surface area contributed by atoms with Gasteiger partial charge in [0.25, 0.3) is 11.8 Å². The molecular formula is C11H10N4OS. The van der Waals surface area contributed by atoms with E-state index in [2.05, 4.69) is 15.3 Å². The topological polar surface area (TPSA) is 56.7 Å². The highest BCUT2D eigenvalue weighted by Crippen LogP contribution is 2.26. The molecule has 3 aromatic heterocycles. The van der Waals surface area contributed by atoms with E-state index in [1.54, 1.807) is 17.5 Å². The average Bonchev–Trinajstić information content (AvgIpc) is 3.09. The second-order valence-electron chi connectivity index (χ2n) is 3.47. The van der Waals surface area contributed by atoms with Crippen molar-refractivity contribution in [1.82, 2.24) is 20.0 Å². The Labute approximate surface area is 102 Å². The third kappa shape index (κ3) is 1.87. The van der Waals surface area contributed by atoms with Gasteiger partial charge in [-0.1, -0.05) is 6.07 Å². The van der Waals surface area contributed by atoms with Gasteiger partial charge in [0.1, 0.15) is 0 Å². The van der Waals surface area contributed by atoms with Crippen LogP contribution in [0.1, 0.15) is 6.92 Å². The first kappa shape index (κ1) is 10.2. The van der Waals surface area contributed by atoms with Gasteiger partial charge in [-0.15, -0.1) is 21.5 Å². The third-order valence-corrected chi connectivity index (χ3v) is 3.22. The maximum absolute atomic E-state index is 5.61. The van der Waals surface area contributed by atoms with Crippen LogP contribution in [0.4, 0.5) is 0 Å². The van der Waals surface area contributed by atoms with Gasteiger partial charge >= 0.3 is 0 Å². The van der Waals surface area contributed by atoms with Crippen molar-refractivity contribution >= 4 is 11.3 Å². The first-order valence-electron chi connectivity index (χ1n) is 5.27. The first-order valence-corrected chi connectivity index (χ1v) is 6.15. The van der Waals surface area contributed by atoms with Crippen molar-refractivity contribution in [3.05, 3.63) is 29.9 Å². The Balaban J connectivity index is 1.94. The molecule has 0 aliphatic carbocycles. The fourth-order valence-corrected chi connectivity index (χ4v) is 2.13. The van der Waals surface area contributed by atoms with Crippen molar-refractivity contribution < 1.29 is 4.42 Å². The summed E-state index contributed by atoms with van der Waals surface area (Å²) >= 11 is 1.58. The minimum absolute atomic E-state index is 0.508. The Bertz CT molecular complexity index is 611. The van der Waals surface area contributed by atoms with E-state index < -0.39 is 0 Å². The highest BCUT2D eigenvalue weighted by Gasteiger charge is 2.12. The van der Waals surface area contributed by atoms with Crippen LogP contribution in [0.5, 0.6) is 0 Å². The summed E-state index contributed by atoms with van der Waals surface area (Å²) < 4.78 is 7.43. The quantitative estimate of drug-likeness (QED) is 0.713. The molecule has 17 heavy (non-hydrogen) atoms. The number of hydrogen-bond donors (Lipinski definition) is 0. The van der Waals surface area contributed by atoms with E-state index in [1.807, 2.05) is 35.3 Å². The van der Waals surface area contributed by atoms with Crippen LogP contribution in [0.2, 0.25) is 0 Å². The smallest absolute Gasteiger partial charge is 0.258 e. The van der Waals surface area contributed by atoms with Gasteiger partial charge in [-0.2, -0.15) is 5.10 Å². The monoisotopic (exact) mass is 246 g/mol. The van der Waals surface area contributed by atoms with Gasteiger partial charge in [0.05, 0.1) is 16.6 Å². The van der Waals surface area contributed by atoms with Gasteiger partial charge in [0.15, 0.2) is 0 Å². The lowest BCUT2D eigenvalue weighted by atomic mass is 10.4. The Kier molecular flexibility index (Phi) is 2.49. The summed E-state index contributed by atoms with van der Waals surface area (Å²) in [5.74, 6) is 1.06. The molecule has 0 atom stereocenters. The zero-order valence-electron chi connectivity index (χ0n) is 9.20. The molecule has 0 unspecified atom stereocenters. The largest absolute Gasteiger partial charge is 0.415 e. The van der Waals surface area contributed by atoms with E-state index in [-0.39, 0.29) is 0 Å². The maximum atomic E-state index is 5.61. The summed E-state index contributed by atoms with van der Waals surface area (Å²) in [6, 6.07) is 3.91. The minimum atomic E-state index is 0.508. The summed E-state index contributed by atoms with van der Waals surface area (Å²) in [6.07, 6.45) is 3.63. The summed E-state index contributed by atoms with van der Waals surface area (Å²) in [5, 5.41) is 14.2. The third-order valence-electron chi connectivity index (χ3n) is 2.36. The molecule has 86 valence electrons. The van der Waals surface area contributed by atoms with Gasteiger partial charge in [0.2, 0.25) is 0 Å². The fourth-order valence-electron chi connectivity index (χ4n) is 1.49. The SMILES string of the molecule is CCn1cc(-c2nnc(-c3cccs3)o2)cn1. The summed E-state index contributed by atoms with van der Waals surface area (Å²) in [6.45, 7) is 2.85. The Morgan fingerprint density at radius 1 is 1.35 bits per heavy atom. The highest BCUT2D eigenvalue weighted by atomic mass is 32.1. The molecule has 0 radical (unpaired) electrons. The molecule has 3 rings (SSSR count). The van der Waals surface area contributed by atoms with Crippen LogP contribution in [0.25, 0.3) is 22.2 Å². The fraction of sp³-hybridized carbons (Fsp3) is 0.182. The molecule has 0 saturated heterocycles. The minimum Gasteiger partial charge on any atom is -0.415 e. The molecule has 6 heteroatoms. The van der Waals surface area contributed by atoms with Crippen LogP contribution in [0.15, 0.2) is 34.3 Å². The normalized spacial score (nSPS) is 10.9. The van der Waals surface area contributed by atoms with Gasteiger partial charge < -0.3 is 4.42 Å². The van der Waals surface area contributed by atoms with Crippen molar-refractivity contribution in [2.24, 2.45) is 0 Å². The second-order valence-corrected chi connectivity index (χ2v) is 4.42.